The predicted molar refractivity (Wildman–Crippen MR) is 52.9 cm³/mol. The molecule has 0 bridgehead atoms. The van der Waals surface area contributed by atoms with Crippen LogP contribution < -0.4 is 0 Å². The summed E-state index contributed by atoms with van der Waals surface area (Å²) in [6.07, 6.45) is 0.459. The number of likely N-dealkylation sites (N-methyl/N-ethyl adjacent to an activating group) is 1. The van der Waals surface area contributed by atoms with Gasteiger partial charge in [0.2, 0.25) is 0 Å². The van der Waals surface area contributed by atoms with Crippen LogP contribution in [0.3, 0.4) is 0 Å². The first-order valence-corrected chi connectivity index (χ1v) is 5.24. The Labute approximate surface area is 80.6 Å². The zero-order valence-corrected chi connectivity index (χ0v) is 8.86. The summed E-state index contributed by atoms with van der Waals surface area (Å²) in [4.78, 5) is 4.95. The maximum absolute atomic E-state index is 5.77. The van der Waals surface area contributed by atoms with Gasteiger partial charge >= 0.3 is 0 Å². The van der Waals surface area contributed by atoms with Gasteiger partial charge in [-0.15, -0.1) is 0 Å². The maximum Gasteiger partial charge on any atom is 0.0869 e. The van der Waals surface area contributed by atoms with E-state index in [1.807, 2.05) is 0 Å². The zero-order valence-electron chi connectivity index (χ0n) is 8.86. The fourth-order valence-electron chi connectivity index (χ4n) is 2.31. The van der Waals surface area contributed by atoms with Crippen molar-refractivity contribution in [2.75, 3.05) is 33.3 Å². The van der Waals surface area contributed by atoms with Crippen molar-refractivity contribution in [3.05, 3.63) is 0 Å². The Morgan fingerprint density at radius 3 is 2.69 bits per heavy atom. The Kier molecular flexibility index (Phi) is 2.58. The SMILES string of the molecule is CC(C)N1CC2OCCN(C)C2C1. The lowest BCUT2D eigenvalue weighted by Gasteiger charge is -2.33. The molecule has 0 aromatic carbocycles. The fraction of sp³-hybridized carbons (Fsp3) is 1.00. The minimum absolute atomic E-state index is 0.459. The van der Waals surface area contributed by atoms with Crippen LogP contribution in [0.25, 0.3) is 0 Å². The van der Waals surface area contributed by atoms with Crippen molar-refractivity contribution in [2.45, 2.75) is 32.0 Å². The van der Waals surface area contributed by atoms with Gasteiger partial charge in [-0.1, -0.05) is 0 Å². The second kappa shape index (κ2) is 3.56. The molecule has 0 amide bonds. The Balaban J connectivity index is 2.00. The lowest BCUT2D eigenvalue weighted by atomic mass is 10.1. The van der Waals surface area contributed by atoms with Gasteiger partial charge in [-0.2, -0.15) is 0 Å². The molecule has 3 nitrogen and oxygen atoms in total. The molecule has 0 aromatic heterocycles. The smallest absolute Gasteiger partial charge is 0.0869 e. The van der Waals surface area contributed by atoms with E-state index >= 15 is 0 Å². The number of morpholine rings is 1. The molecule has 2 fully saturated rings. The standard InChI is InChI=1S/C10H20N2O/c1-8(2)12-6-9-10(7-12)13-5-4-11(9)3/h8-10H,4-7H2,1-3H3. The first-order chi connectivity index (χ1) is 6.18. The van der Waals surface area contributed by atoms with Crippen LogP contribution in [0.5, 0.6) is 0 Å². The van der Waals surface area contributed by atoms with Crippen LogP contribution >= 0.6 is 0 Å². The van der Waals surface area contributed by atoms with Crippen molar-refractivity contribution in [2.24, 2.45) is 0 Å². The molecule has 0 N–H and O–H groups in total. The van der Waals surface area contributed by atoms with Gasteiger partial charge in [-0.3, -0.25) is 9.80 Å². The van der Waals surface area contributed by atoms with E-state index in [-0.39, 0.29) is 0 Å². The highest BCUT2D eigenvalue weighted by Crippen LogP contribution is 2.22. The van der Waals surface area contributed by atoms with Crippen LogP contribution in [0.15, 0.2) is 0 Å². The third-order valence-corrected chi connectivity index (χ3v) is 3.34. The molecule has 76 valence electrons. The van der Waals surface area contributed by atoms with Gasteiger partial charge in [-0.05, 0) is 20.9 Å². The van der Waals surface area contributed by atoms with E-state index < -0.39 is 0 Å². The van der Waals surface area contributed by atoms with Crippen molar-refractivity contribution in [3.8, 4) is 0 Å². The molecule has 0 spiro atoms. The summed E-state index contributed by atoms with van der Waals surface area (Å²) in [6.45, 7) is 8.82. The van der Waals surface area contributed by atoms with Gasteiger partial charge in [0.15, 0.2) is 0 Å². The second-order valence-corrected chi connectivity index (χ2v) is 4.50. The van der Waals surface area contributed by atoms with Gasteiger partial charge < -0.3 is 4.74 Å². The highest BCUT2D eigenvalue weighted by molar-refractivity contribution is 4.94. The molecule has 2 rings (SSSR count). The molecule has 3 heteroatoms. The summed E-state index contributed by atoms with van der Waals surface area (Å²) < 4.78 is 5.77. The number of hydrogen-bond donors (Lipinski definition) is 0. The van der Waals surface area contributed by atoms with Crippen molar-refractivity contribution in [1.82, 2.24) is 9.80 Å². The first kappa shape index (κ1) is 9.44. The third kappa shape index (κ3) is 1.73. The van der Waals surface area contributed by atoms with E-state index in [2.05, 4.69) is 30.7 Å². The summed E-state index contributed by atoms with van der Waals surface area (Å²) in [5.74, 6) is 0. The summed E-state index contributed by atoms with van der Waals surface area (Å²) in [5, 5.41) is 0. The Bertz CT molecular complexity index is 184. The van der Waals surface area contributed by atoms with Gasteiger partial charge in [0.1, 0.15) is 0 Å². The van der Waals surface area contributed by atoms with Crippen LogP contribution in [0, 0.1) is 0 Å². The largest absolute Gasteiger partial charge is 0.374 e. The monoisotopic (exact) mass is 184 g/mol. The van der Waals surface area contributed by atoms with Crippen LogP contribution in [0.1, 0.15) is 13.8 Å². The zero-order chi connectivity index (χ0) is 9.42. The molecule has 2 unspecified atom stereocenters. The van der Waals surface area contributed by atoms with Crippen molar-refractivity contribution in [3.63, 3.8) is 0 Å². The number of hydrogen-bond acceptors (Lipinski definition) is 3. The van der Waals surface area contributed by atoms with Crippen LogP contribution in [0.4, 0.5) is 0 Å². The van der Waals surface area contributed by atoms with Crippen molar-refractivity contribution in [1.29, 1.82) is 0 Å². The van der Waals surface area contributed by atoms with E-state index in [0.717, 1.165) is 19.7 Å². The maximum atomic E-state index is 5.77. The van der Waals surface area contributed by atoms with Crippen LogP contribution in [-0.4, -0.2) is 61.3 Å². The van der Waals surface area contributed by atoms with Gasteiger partial charge in [0.05, 0.1) is 12.7 Å². The molecule has 2 atom stereocenters. The average Bonchev–Trinajstić information content (AvgIpc) is 2.49. The summed E-state index contributed by atoms with van der Waals surface area (Å²) in [6, 6.07) is 1.29. The minimum atomic E-state index is 0.459. The molecule has 0 radical (unpaired) electrons. The fourth-order valence-corrected chi connectivity index (χ4v) is 2.31. The number of rotatable bonds is 1. The van der Waals surface area contributed by atoms with Gasteiger partial charge in [0, 0.05) is 31.7 Å². The van der Waals surface area contributed by atoms with Crippen molar-refractivity contribution < 1.29 is 4.74 Å². The summed E-state index contributed by atoms with van der Waals surface area (Å²) in [5.41, 5.74) is 0. The predicted octanol–water partition coefficient (Wildman–Crippen LogP) is 0.410. The van der Waals surface area contributed by atoms with Crippen molar-refractivity contribution >= 4 is 0 Å². The second-order valence-electron chi connectivity index (χ2n) is 4.50. The minimum Gasteiger partial charge on any atom is -0.374 e. The number of nitrogens with zero attached hydrogens (tertiary/aromatic N) is 2. The molecule has 0 saturated carbocycles. The van der Waals surface area contributed by atoms with E-state index in [1.54, 1.807) is 0 Å². The summed E-state index contributed by atoms with van der Waals surface area (Å²) in [7, 11) is 2.21. The molecule has 13 heavy (non-hydrogen) atoms. The molecule has 2 aliphatic rings. The average molecular weight is 184 g/mol. The first-order valence-electron chi connectivity index (χ1n) is 5.24. The van der Waals surface area contributed by atoms with Crippen LogP contribution in [0.2, 0.25) is 0 Å². The molecule has 2 saturated heterocycles. The highest BCUT2D eigenvalue weighted by Gasteiger charge is 2.38. The lowest BCUT2D eigenvalue weighted by molar-refractivity contribution is -0.0371. The van der Waals surface area contributed by atoms with Crippen LogP contribution in [-0.2, 0) is 4.74 Å². The van der Waals surface area contributed by atoms with E-state index in [1.165, 1.54) is 6.54 Å². The lowest BCUT2D eigenvalue weighted by Crippen LogP contribution is -2.48. The van der Waals surface area contributed by atoms with E-state index in [0.29, 0.717) is 18.2 Å². The molecule has 2 aliphatic heterocycles. The van der Waals surface area contributed by atoms with E-state index in [9.17, 15) is 0 Å². The molecular formula is C10H20N2O. The third-order valence-electron chi connectivity index (χ3n) is 3.34. The molecular weight excluding hydrogens is 164 g/mol. The summed E-state index contributed by atoms with van der Waals surface area (Å²) >= 11 is 0. The molecule has 0 aliphatic carbocycles. The topological polar surface area (TPSA) is 15.7 Å². The van der Waals surface area contributed by atoms with Gasteiger partial charge in [-0.25, -0.2) is 0 Å². The van der Waals surface area contributed by atoms with Gasteiger partial charge in [0.25, 0.3) is 0 Å². The number of fused-ring (bicyclic) bond motifs is 1. The normalized spacial score (nSPS) is 36.9. The Hall–Kier alpha value is -0.120. The highest BCUT2D eigenvalue weighted by atomic mass is 16.5. The Morgan fingerprint density at radius 1 is 1.31 bits per heavy atom. The molecule has 2 heterocycles. The number of likely N-dealkylation sites (tertiary alicyclic amines) is 1. The quantitative estimate of drug-likeness (QED) is 0.587. The molecule has 0 aromatic rings. The number of ether oxygens (including phenoxy) is 1. The van der Waals surface area contributed by atoms with E-state index in [4.69, 9.17) is 4.74 Å². The Morgan fingerprint density at radius 2 is 2.08 bits per heavy atom.